The summed E-state index contributed by atoms with van der Waals surface area (Å²) in [6, 6.07) is 0. The Morgan fingerprint density at radius 3 is 1.29 bits per heavy atom. The molecule has 424 valence electrons. The van der Waals surface area contributed by atoms with Crippen LogP contribution in [0.15, 0.2) is 109 Å². The molecule has 75 heavy (non-hydrogen) atoms. The molecular formula is C63H100O12. The molecule has 3 N–H and O–H groups in total. The van der Waals surface area contributed by atoms with E-state index in [4.69, 9.17) is 23.7 Å². The summed E-state index contributed by atoms with van der Waals surface area (Å²) in [5.74, 6) is -3.22. The third-order valence-corrected chi connectivity index (χ3v) is 12.3. The van der Waals surface area contributed by atoms with Crippen LogP contribution in [0, 0.1) is 0 Å². The topological polar surface area (TPSA) is 175 Å². The quantitative estimate of drug-likeness (QED) is 0.0228. The molecule has 1 fully saturated rings. The van der Waals surface area contributed by atoms with Crippen LogP contribution in [0.1, 0.15) is 213 Å². The highest BCUT2D eigenvalue weighted by Gasteiger charge is 2.50. The number of esters is 3. The number of aliphatic carboxylic acids is 1. The van der Waals surface area contributed by atoms with Gasteiger partial charge in [-0.25, -0.2) is 4.79 Å². The average molecular weight is 1050 g/mol. The van der Waals surface area contributed by atoms with Crippen molar-refractivity contribution >= 4 is 23.9 Å². The molecule has 0 amide bonds. The lowest BCUT2D eigenvalue weighted by Crippen LogP contribution is -2.61. The van der Waals surface area contributed by atoms with E-state index in [0.717, 1.165) is 154 Å². The minimum absolute atomic E-state index is 0.0338. The van der Waals surface area contributed by atoms with E-state index in [1.165, 1.54) is 0 Å². The van der Waals surface area contributed by atoms with Crippen LogP contribution in [0.3, 0.4) is 0 Å². The number of carboxylic acids is 1. The van der Waals surface area contributed by atoms with Crippen molar-refractivity contribution < 1.29 is 58.2 Å². The van der Waals surface area contributed by atoms with E-state index < -0.39 is 67.3 Å². The van der Waals surface area contributed by atoms with Gasteiger partial charge in [-0.2, -0.15) is 0 Å². The van der Waals surface area contributed by atoms with Gasteiger partial charge in [0.2, 0.25) is 0 Å². The summed E-state index contributed by atoms with van der Waals surface area (Å²) in [6.45, 7) is 5.68. The predicted octanol–water partition coefficient (Wildman–Crippen LogP) is 14.7. The van der Waals surface area contributed by atoms with Crippen molar-refractivity contribution in [3.8, 4) is 0 Å². The molecule has 0 saturated carbocycles. The number of hydrogen-bond acceptors (Lipinski definition) is 11. The minimum atomic E-state index is -1.92. The Balaban J connectivity index is 2.73. The van der Waals surface area contributed by atoms with Crippen LogP contribution in [0.4, 0.5) is 0 Å². The fourth-order valence-corrected chi connectivity index (χ4v) is 7.88. The van der Waals surface area contributed by atoms with Gasteiger partial charge in [0.25, 0.3) is 0 Å². The maximum absolute atomic E-state index is 13.1. The number of carbonyl (C=O) groups excluding carboxylic acids is 3. The monoisotopic (exact) mass is 1050 g/mol. The van der Waals surface area contributed by atoms with Crippen LogP contribution in [0.2, 0.25) is 0 Å². The molecule has 0 bridgehead atoms. The molecule has 12 nitrogen and oxygen atoms in total. The summed E-state index contributed by atoms with van der Waals surface area (Å²) >= 11 is 0. The van der Waals surface area contributed by atoms with E-state index in [1.807, 2.05) is 0 Å². The van der Waals surface area contributed by atoms with E-state index >= 15 is 0 Å². The molecule has 1 aliphatic heterocycles. The normalized spacial score (nSPS) is 19.0. The molecular weight excluding hydrogens is 949 g/mol. The lowest BCUT2D eigenvalue weighted by atomic mass is 9.98. The molecule has 1 heterocycles. The average Bonchev–Trinajstić information content (AvgIpc) is 3.39. The van der Waals surface area contributed by atoms with Crippen LogP contribution < -0.4 is 0 Å². The van der Waals surface area contributed by atoms with Gasteiger partial charge < -0.3 is 39.0 Å². The Hall–Kier alpha value is -4.62. The van der Waals surface area contributed by atoms with Crippen LogP contribution >= 0.6 is 0 Å². The molecule has 6 atom stereocenters. The predicted molar refractivity (Wildman–Crippen MR) is 303 cm³/mol. The molecule has 0 radical (unpaired) electrons. The summed E-state index contributed by atoms with van der Waals surface area (Å²) in [7, 11) is 0. The van der Waals surface area contributed by atoms with Crippen molar-refractivity contribution in [1.29, 1.82) is 0 Å². The molecule has 12 heteroatoms. The maximum atomic E-state index is 13.1. The van der Waals surface area contributed by atoms with Crippen LogP contribution in [0.25, 0.3) is 0 Å². The second-order valence-corrected chi connectivity index (χ2v) is 19.2. The summed E-state index contributed by atoms with van der Waals surface area (Å²) in [5, 5.41) is 31.4. The molecule has 0 aromatic rings. The zero-order valence-electron chi connectivity index (χ0n) is 46.5. The minimum Gasteiger partial charge on any atom is -0.479 e. The molecule has 0 spiro atoms. The number of allylic oxidation sites excluding steroid dienone is 18. The molecule has 1 rings (SSSR count). The van der Waals surface area contributed by atoms with Crippen molar-refractivity contribution in [2.45, 2.75) is 250 Å². The molecule has 1 saturated heterocycles. The number of unbranched alkanes of at least 4 members (excludes halogenated alkanes) is 15. The largest absolute Gasteiger partial charge is 0.479 e. The third kappa shape index (κ3) is 40.3. The Morgan fingerprint density at radius 2 is 0.840 bits per heavy atom. The first kappa shape index (κ1) is 68.4. The number of aliphatic hydroxyl groups excluding tert-OH is 2. The smallest absolute Gasteiger partial charge is 0.335 e. The van der Waals surface area contributed by atoms with Crippen molar-refractivity contribution in [2.75, 3.05) is 13.2 Å². The van der Waals surface area contributed by atoms with Crippen LogP contribution in [-0.4, -0.2) is 89.2 Å². The third-order valence-electron chi connectivity index (χ3n) is 12.3. The fourth-order valence-electron chi connectivity index (χ4n) is 7.88. The first-order valence-electron chi connectivity index (χ1n) is 28.9. The van der Waals surface area contributed by atoms with Crippen LogP contribution in [-0.2, 0) is 42.9 Å². The molecule has 1 aliphatic rings. The maximum Gasteiger partial charge on any atom is 0.335 e. The lowest BCUT2D eigenvalue weighted by molar-refractivity contribution is -0.301. The van der Waals surface area contributed by atoms with E-state index in [-0.39, 0.29) is 25.9 Å². The van der Waals surface area contributed by atoms with Gasteiger partial charge in [0, 0.05) is 19.3 Å². The summed E-state index contributed by atoms with van der Waals surface area (Å²) in [4.78, 5) is 51.1. The standard InChI is InChI=1S/C63H100O12/c1-4-7-10-13-16-19-22-25-26-27-28-29-30-33-34-37-40-43-46-49-55(64)71-52-54(73-56(65)50-47-44-41-38-35-31-23-20-17-14-11-8-5-2)53-72-63-61(59(68)58(67)60(75-63)62(69)70)74-57(66)51-48-45-42-39-36-32-24-21-18-15-12-9-6-3/h7,10-12,14-16,19-21,23-26,28-29,33-34,54,58-61,63,67-68H,4-6,8-9,13,17-18,22,27,30-32,35-53H2,1-3H3,(H,69,70)/b10-7-,14-11-,15-12-,19-16-,23-20-,24-21-,26-25-,29-28-,34-33-. The Kier molecular flexibility index (Phi) is 45.8. The van der Waals surface area contributed by atoms with Gasteiger partial charge in [0.05, 0.1) is 6.61 Å². The van der Waals surface area contributed by atoms with Gasteiger partial charge in [-0.1, -0.05) is 188 Å². The van der Waals surface area contributed by atoms with Crippen molar-refractivity contribution in [3.63, 3.8) is 0 Å². The van der Waals surface area contributed by atoms with Gasteiger partial charge in [-0.15, -0.1) is 0 Å². The Labute approximate surface area is 453 Å². The summed E-state index contributed by atoms with van der Waals surface area (Å²) < 4.78 is 28.3. The van der Waals surface area contributed by atoms with Gasteiger partial charge >= 0.3 is 23.9 Å². The Bertz CT molecular complexity index is 1720. The Morgan fingerprint density at radius 1 is 0.453 bits per heavy atom. The summed E-state index contributed by atoms with van der Waals surface area (Å²) in [6.07, 6.45) is 54.9. The fraction of sp³-hybridized carbons (Fsp3) is 0.651. The second kappa shape index (κ2) is 50.2. The van der Waals surface area contributed by atoms with Crippen molar-refractivity contribution in [2.24, 2.45) is 0 Å². The zero-order valence-corrected chi connectivity index (χ0v) is 46.5. The van der Waals surface area contributed by atoms with Gasteiger partial charge in [-0.05, 0) is 116 Å². The number of aliphatic hydroxyl groups is 2. The number of hydrogen-bond donors (Lipinski definition) is 3. The second-order valence-electron chi connectivity index (χ2n) is 19.2. The first-order chi connectivity index (χ1) is 36.6. The highest BCUT2D eigenvalue weighted by molar-refractivity contribution is 5.74. The number of carboxylic acid groups (broad SMARTS) is 1. The van der Waals surface area contributed by atoms with Crippen molar-refractivity contribution in [3.05, 3.63) is 109 Å². The highest BCUT2D eigenvalue weighted by atomic mass is 16.7. The van der Waals surface area contributed by atoms with Crippen molar-refractivity contribution in [1.82, 2.24) is 0 Å². The van der Waals surface area contributed by atoms with Crippen LogP contribution in [0.5, 0.6) is 0 Å². The number of ether oxygens (including phenoxy) is 5. The molecule has 0 aliphatic carbocycles. The van der Waals surface area contributed by atoms with Gasteiger partial charge in [0.1, 0.15) is 18.8 Å². The molecule has 0 aromatic heterocycles. The first-order valence-corrected chi connectivity index (χ1v) is 28.9. The van der Waals surface area contributed by atoms with E-state index in [0.29, 0.717) is 19.3 Å². The molecule has 0 aromatic carbocycles. The SMILES string of the molecule is CC/C=C\C/C=C\C/C=C\C/C=C\C/C=C\CCCCCC(=O)OCC(COC1OC(C(=O)O)C(O)C(O)C1OC(=O)CCCCCCC/C=C\C/C=C\CCC)OC(=O)CCCCCCC/C=C\C/C=C\CCC. The molecule has 6 unspecified atom stereocenters. The van der Waals surface area contributed by atoms with E-state index in [9.17, 15) is 34.5 Å². The number of carbonyl (C=O) groups is 4. The highest BCUT2D eigenvalue weighted by Crippen LogP contribution is 2.26. The zero-order chi connectivity index (χ0) is 54.7. The summed E-state index contributed by atoms with van der Waals surface area (Å²) in [5.41, 5.74) is 0. The van der Waals surface area contributed by atoms with Gasteiger partial charge in [0.15, 0.2) is 24.6 Å². The lowest BCUT2D eigenvalue weighted by Gasteiger charge is -2.40. The van der Waals surface area contributed by atoms with E-state index in [2.05, 4.69) is 130 Å². The van der Waals surface area contributed by atoms with Gasteiger partial charge in [-0.3, -0.25) is 14.4 Å². The van der Waals surface area contributed by atoms with E-state index in [1.54, 1.807) is 0 Å². The number of rotatable bonds is 47.